The molecule has 1 saturated heterocycles. The molecule has 21 heavy (non-hydrogen) atoms. The lowest BCUT2D eigenvalue weighted by atomic mass is 10.1. The fourth-order valence-electron chi connectivity index (χ4n) is 2.46. The average molecular weight is 292 g/mol. The molecule has 114 valence electrons. The predicted molar refractivity (Wildman–Crippen MR) is 76.6 cm³/mol. The van der Waals surface area contributed by atoms with Gasteiger partial charge in [0.1, 0.15) is 0 Å². The zero-order valence-corrected chi connectivity index (χ0v) is 11.9. The van der Waals surface area contributed by atoms with Crippen molar-refractivity contribution in [1.29, 1.82) is 0 Å². The van der Waals surface area contributed by atoms with Crippen molar-refractivity contribution in [3.63, 3.8) is 0 Å². The summed E-state index contributed by atoms with van der Waals surface area (Å²) < 4.78 is 15.9. The van der Waals surface area contributed by atoms with Gasteiger partial charge in [-0.15, -0.1) is 0 Å². The van der Waals surface area contributed by atoms with Crippen LogP contribution >= 0.6 is 0 Å². The molecule has 1 unspecified atom stereocenters. The number of nitrogens with one attached hydrogen (secondary N) is 2. The van der Waals surface area contributed by atoms with Gasteiger partial charge in [-0.25, -0.2) is 4.79 Å². The van der Waals surface area contributed by atoms with Gasteiger partial charge in [0.2, 0.25) is 6.79 Å². The fourth-order valence-corrected chi connectivity index (χ4v) is 2.46. The lowest BCUT2D eigenvalue weighted by Gasteiger charge is -2.10. The minimum atomic E-state index is -0.123. The highest BCUT2D eigenvalue weighted by atomic mass is 16.7. The third-order valence-electron chi connectivity index (χ3n) is 3.71. The zero-order valence-electron chi connectivity index (χ0n) is 11.9. The van der Waals surface area contributed by atoms with Crippen molar-refractivity contribution in [1.82, 2.24) is 10.6 Å². The van der Waals surface area contributed by atoms with Gasteiger partial charge in [-0.05, 0) is 30.5 Å². The molecule has 0 radical (unpaired) electrons. The summed E-state index contributed by atoms with van der Waals surface area (Å²) in [5.41, 5.74) is 1.11. The summed E-state index contributed by atoms with van der Waals surface area (Å²) in [4.78, 5) is 11.7. The van der Waals surface area contributed by atoms with Crippen LogP contribution in [0, 0.1) is 5.92 Å². The lowest BCUT2D eigenvalue weighted by molar-refractivity contribution is 0.174. The normalized spacial score (nSPS) is 19.5. The van der Waals surface area contributed by atoms with Crippen LogP contribution < -0.4 is 20.1 Å². The third-order valence-corrected chi connectivity index (χ3v) is 3.71. The highest BCUT2D eigenvalue weighted by Gasteiger charge is 2.16. The molecule has 1 aromatic rings. The first kappa shape index (κ1) is 14.0. The minimum absolute atomic E-state index is 0.123. The molecule has 6 heteroatoms. The van der Waals surface area contributed by atoms with Gasteiger partial charge in [0.05, 0.1) is 6.61 Å². The number of carbonyl (C=O) groups excluding carboxylic acids is 1. The van der Waals surface area contributed by atoms with E-state index in [-0.39, 0.29) is 12.8 Å². The van der Waals surface area contributed by atoms with Gasteiger partial charge in [-0.2, -0.15) is 0 Å². The first-order valence-electron chi connectivity index (χ1n) is 7.29. The number of hydrogen-bond donors (Lipinski definition) is 2. The van der Waals surface area contributed by atoms with Gasteiger partial charge < -0.3 is 24.8 Å². The van der Waals surface area contributed by atoms with E-state index in [4.69, 9.17) is 14.2 Å². The van der Waals surface area contributed by atoms with E-state index in [1.54, 1.807) is 0 Å². The molecule has 0 spiro atoms. The van der Waals surface area contributed by atoms with Crippen LogP contribution in [0.5, 0.6) is 11.5 Å². The topological polar surface area (TPSA) is 68.8 Å². The molecule has 6 nitrogen and oxygen atoms in total. The highest BCUT2D eigenvalue weighted by molar-refractivity contribution is 5.73. The monoisotopic (exact) mass is 292 g/mol. The molecule has 2 N–H and O–H groups in total. The highest BCUT2D eigenvalue weighted by Crippen LogP contribution is 2.32. The second-order valence-electron chi connectivity index (χ2n) is 5.30. The SMILES string of the molecule is O=C(NCCc1ccc2c(c1)OCO2)NCC1CCOC1. The van der Waals surface area contributed by atoms with E-state index in [2.05, 4.69) is 10.6 Å². The van der Waals surface area contributed by atoms with Gasteiger partial charge in [-0.1, -0.05) is 6.07 Å². The van der Waals surface area contributed by atoms with E-state index in [1.807, 2.05) is 18.2 Å². The molecule has 1 fully saturated rings. The molecule has 1 atom stereocenters. The van der Waals surface area contributed by atoms with Crippen LogP contribution in [0.15, 0.2) is 18.2 Å². The van der Waals surface area contributed by atoms with Crippen LogP contribution in [0.25, 0.3) is 0 Å². The maximum absolute atomic E-state index is 11.7. The molecule has 1 aromatic carbocycles. The molecular formula is C15H20N2O4. The quantitative estimate of drug-likeness (QED) is 0.858. The van der Waals surface area contributed by atoms with Crippen molar-refractivity contribution in [3.05, 3.63) is 23.8 Å². The maximum atomic E-state index is 11.7. The Bertz CT molecular complexity index is 500. The lowest BCUT2D eigenvalue weighted by Crippen LogP contribution is -2.39. The summed E-state index contributed by atoms with van der Waals surface area (Å²) in [6.45, 7) is 3.10. The number of amides is 2. The molecule has 2 aliphatic heterocycles. The Morgan fingerprint density at radius 3 is 3.00 bits per heavy atom. The van der Waals surface area contributed by atoms with E-state index >= 15 is 0 Å². The summed E-state index contributed by atoms with van der Waals surface area (Å²) in [5.74, 6) is 2.01. The number of hydrogen-bond acceptors (Lipinski definition) is 4. The Morgan fingerprint density at radius 2 is 2.14 bits per heavy atom. The van der Waals surface area contributed by atoms with Crippen molar-refractivity contribution in [2.45, 2.75) is 12.8 Å². The Hall–Kier alpha value is -1.95. The van der Waals surface area contributed by atoms with E-state index < -0.39 is 0 Å². The Kier molecular flexibility index (Phi) is 4.45. The molecule has 3 rings (SSSR count). The van der Waals surface area contributed by atoms with Crippen LogP contribution in [0.1, 0.15) is 12.0 Å². The third kappa shape index (κ3) is 3.78. The van der Waals surface area contributed by atoms with E-state index in [1.165, 1.54) is 0 Å². The molecule has 2 heterocycles. The summed E-state index contributed by atoms with van der Waals surface area (Å²) in [6, 6.07) is 5.72. The van der Waals surface area contributed by atoms with Gasteiger partial charge in [0.15, 0.2) is 11.5 Å². The number of fused-ring (bicyclic) bond motifs is 1. The average Bonchev–Trinajstić information content (AvgIpc) is 3.16. The fraction of sp³-hybridized carbons (Fsp3) is 0.533. The van der Waals surface area contributed by atoms with Crippen molar-refractivity contribution in [2.24, 2.45) is 5.92 Å². The number of urea groups is 1. The van der Waals surface area contributed by atoms with Crippen molar-refractivity contribution < 1.29 is 19.0 Å². The Labute approximate surface area is 123 Å². The second kappa shape index (κ2) is 6.67. The largest absolute Gasteiger partial charge is 0.454 e. The van der Waals surface area contributed by atoms with Gasteiger partial charge >= 0.3 is 6.03 Å². The molecular weight excluding hydrogens is 272 g/mol. The van der Waals surface area contributed by atoms with E-state index in [0.29, 0.717) is 19.0 Å². The van der Waals surface area contributed by atoms with Crippen LogP contribution in [0.2, 0.25) is 0 Å². The number of benzene rings is 1. The smallest absolute Gasteiger partial charge is 0.314 e. The molecule has 0 aromatic heterocycles. The Balaban J connectivity index is 1.36. The van der Waals surface area contributed by atoms with Gasteiger partial charge in [0.25, 0.3) is 0 Å². The summed E-state index contributed by atoms with van der Waals surface area (Å²) in [7, 11) is 0. The second-order valence-corrected chi connectivity index (χ2v) is 5.30. The van der Waals surface area contributed by atoms with E-state index in [0.717, 1.165) is 43.1 Å². The van der Waals surface area contributed by atoms with Crippen LogP contribution in [-0.4, -0.2) is 39.1 Å². The van der Waals surface area contributed by atoms with Gasteiger partial charge in [0, 0.05) is 25.6 Å². The maximum Gasteiger partial charge on any atom is 0.314 e. The molecule has 0 saturated carbocycles. The standard InChI is InChI=1S/C15H20N2O4/c18-15(17-8-12-4-6-19-9-12)16-5-3-11-1-2-13-14(7-11)21-10-20-13/h1-2,7,12H,3-6,8-10H2,(H2,16,17,18). The van der Waals surface area contributed by atoms with E-state index in [9.17, 15) is 4.79 Å². The molecule has 0 aliphatic carbocycles. The first-order valence-corrected chi connectivity index (χ1v) is 7.29. The first-order chi connectivity index (χ1) is 10.3. The van der Waals surface area contributed by atoms with Crippen molar-refractivity contribution in [2.75, 3.05) is 33.1 Å². The Morgan fingerprint density at radius 1 is 1.24 bits per heavy atom. The minimum Gasteiger partial charge on any atom is -0.454 e. The number of carbonyl (C=O) groups is 1. The zero-order chi connectivity index (χ0) is 14.5. The van der Waals surface area contributed by atoms with Gasteiger partial charge in [-0.3, -0.25) is 0 Å². The summed E-state index contributed by atoms with van der Waals surface area (Å²) >= 11 is 0. The number of ether oxygens (including phenoxy) is 3. The predicted octanol–water partition coefficient (Wildman–Crippen LogP) is 1.29. The van der Waals surface area contributed by atoms with Crippen LogP contribution in [0.4, 0.5) is 4.79 Å². The summed E-state index contributed by atoms with van der Waals surface area (Å²) in [5, 5.41) is 5.74. The molecule has 0 bridgehead atoms. The van der Waals surface area contributed by atoms with Crippen LogP contribution in [-0.2, 0) is 11.2 Å². The molecule has 2 amide bonds. The summed E-state index contributed by atoms with van der Waals surface area (Å²) in [6.07, 6.45) is 1.79. The van der Waals surface area contributed by atoms with Crippen LogP contribution in [0.3, 0.4) is 0 Å². The van der Waals surface area contributed by atoms with Crippen molar-refractivity contribution in [3.8, 4) is 11.5 Å². The number of rotatable bonds is 5. The molecule has 2 aliphatic rings. The van der Waals surface area contributed by atoms with Crippen molar-refractivity contribution >= 4 is 6.03 Å².